The molecule has 0 unspecified atom stereocenters. The summed E-state index contributed by atoms with van der Waals surface area (Å²) in [6.45, 7) is 3.18. The zero-order valence-electron chi connectivity index (χ0n) is 6.48. The van der Waals surface area contributed by atoms with Crippen LogP contribution in [0.4, 0.5) is 8.78 Å². The average Bonchev–Trinajstić information content (AvgIpc) is 2.10. The van der Waals surface area contributed by atoms with Crippen LogP contribution in [0.5, 0.6) is 0 Å². The first kappa shape index (κ1) is 10.1. The van der Waals surface area contributed by atoms with Gasteiger partial charge in [-0.25, -0.2) is 8.78 Å². The molecule has 1 aromatic carbocycles. The van der Waals surface area contributed by atoms with Gasteiger partial charge in [0.25, 0.3) is 0 Å². The average molecular weight is 247 g/mol. The van der Waals surface area contributed by atoms with Gasteiger partial charge in [-0.15, -0.1) is 0 Å². The molecule has 0 saturated carbocycles. The smallest absolute Gasteiger partial charge is 0.188 e. The topological polar surface area (TPSA) is 17.1 Å². The molecule has 0 bridgehead atoms. The first-order valence-electron chi connectivity index (χ1n) is 3.37. The molecule has 4 heteroatoms. The molecule has 0 spiro atoms. The maximum Gasteiger partial charge on any atom is 0.188 e. The number of ketones is 1. The molecule has 0 N–H and O–H groups in total. The molecule has 0 aliphatic rings. The number of rotatable bonds is 2. The van der Waals surface area contributed by atoms with E-state index in [2.05, 4.69) is 22.5 Å². The summed E-state index contributed by atoms with van der Waals surface area (Å²) in [4.78, 5) is 11.0. The van der Waals surface area contributed by atoms with Crippen LogP contribution in [0.15, 0.2) is 29.3 Å². The van der Waals surface area contributed by atoms with Crippen LogP contribution in [0.3, 0.4) is 0 Å². The third-order valence-electron chi connectivity index (χ3n) is 1.44. The van der Waals surface area contributed by atoms with E-state index in [-0.39, 0.29) is 10.0 Å². The van der Waals surface area contributed by atoms with Gasteiger partial charge in [0.1, 0.15) is 11.6 Å². The molecule has 0 saturated heterocycles. The van der Waals surface area contributed by atoms with Gasteiger partial charge >= 0.3 is 0 Å². The molecule has 1 rings (SSSR count). The molecule has 0 fully saturated rings. The number of benzene rings is 1. The van der Waals surface area contributed by atoms with E-state index in [1.807, 2.05) is 0 Å². The highest BCUT2D eigenvalue weighted by molar-refractivity contribution is 9.10. The molecule has 0 atom stereocenters. The van der Waals surface area contributed by atoms with Crippen LogP contribution in [0.2, 0.25) is 0 Å². The van der Waals surface area contributed by atoms with Crippen molar-refractivity contribution < 1.29 is 13.6 Å². The van der Waals surface area contributed by atoms with E-state index < -0.39 is 17.4 Å². The van der Waals surface area contributed by atoms with Gasteiger partial charge in [-0.3, -0.25) is 4.79 Å². The van der Waals surface area contributed by atoms with Crippen molar-refractivity contribution in [2.24, 2.45) is 0 Å². The number of hydrogen-bond acceptors (Lipinski definition) is 1. The second-order valence-corrected chi connectivity index (χ2v) is 3.17. The highest BCUT2D eigenvalue weighted by Gasteiger charge is 2.13. The van der Waals surface area contributed by atoms with Gasteiger partial charge in [-0.05, 0) is 34.1 Å². The van der Waals surface area contributed by atoms with E-state index in [0.717, 1.165) is 18.2 Å². The predicted octanol–water partition coefficient (Wildman–Crippen LogP) is 3.10. The minimum Gasteiger partial charge on any atom is -0.289 e. The highest BCUT2D eigenvalue weighted by Crippen LogP contribution is 2.21. The van der Waals surface area contributed by atoms with Gasteiger partial charge in [0.15, 0.2) is 5.78 Å². The number of allylic oxidation sites excluding steroid dienone is 1. The van der Waals surface area contributed by atoms with Crippen molar-refractivity contribution in [1.29, 1.82) is 0 Å². The predicted molar refractivity (Wildman–Crippen MR) is 48.6 cm³/mol. The van der Waals surface area contributed by atoms with Gasteiger partial charge in [-0.1, -0.05) is 6.58 Å². The molecule has 0 aromatic heterocycles. The quantitative estimate of drug-likeness (QED) is 0.446. The summed E-state index contributed by atoms with van der Waals surface area (Å²) in [5, 5.41) is 0. The van der Waals surface area contributed by atoms with Crippen molar-refractivity contribution >= 4 is 21.7 Å². The largest absolute Gasteiger partial charge is 0.289 e. The summed E-state index contributed by atoms with van der Waals surface area (Å²) in [6, 6.07) is 1.79. The lowest BCUT2D eigenvalue weighted by molar-refractivity contribution is 0.104. The number of carbonyl (C=O) groups is 1. The van der Waals surface area contributed by atoms with Crippen molar-refractivity contribution in [3.8, 4) is 0 Å². The van der Waals surface area contributed by atoms with Crippen LogP contribution in [0.25, 0.3) is 0 Å². The molecule has 68 valence electrons. The Morgan fingerprint density at radius 2 is 2.08 bits per heavy atom. The second-order valence-electron chi connectivity index (χ2n) is 2.32. The fourth-order valence-electron chi connectivity index (χ4n) is 0.845. The fraction of sp³-hybridized carbons (Fsp3) is 0. The van der Waals surface area contributed by atoms with Crippen LogP contribution >= 0.6 is 15.9 Å². The normalized spacial score (nSPS) is 9.77. The van der Waals surface area contributed by atoms with Crippen molar-refractivity contribution in [1.82, 2.24) is 0 Å². The Morgan fingerprint density at radius 1 is 1.46 bits per heavy atom. The van der Waals surface area contributed by atoms with Crippen LogP contribution in [0.1, 0.15) is 10.4 Å². The van der Waals surface area contributed by atoms with E-state index in [0.29, 0.717) is 0 Å². The minimum absolute atomic E-state index is 0.0716. The van der Waals surface area contributed by atoms with E-state index in [4.69, 9.17) is 0 Å². The molecule has 0 aliphatic heterocycles. The van der Waals surface area contributed by atoms with Crippen molar-refractivity contribution in [2.75, 3.05) is 0 Å². The first-order valence-corrected chi connectivity index (χ1v) is 4.17. The lowest BCUT2D eigenvalue weighted by atomic mass is 10.1. The molecule has 1 aromatic rings. The van der Waals surface area contributed by atoms with Crippen molar-refractivity contribution in [3.05, 3.63) is 46.5 Å². The van der Waals surface area contributed by atoms with Gasteiger partial charge in [0, 0.05) is 0 Å². The van der Waals surface area contributed by atoms with Gasteiger partial charge < -0.3 is 0 Å². The van der Waals surface area contributed by atoms with Crippen LogP contribution in [-0.4, -0.2) is 5.78 Å². The Labute approximate surface area is 82.2 Å². The summed E-state index contributed by atoms with van der Waals surface area (Å²) in [5.41, 5.74) is -0.318. The summed E-state index contributed by atoms with van der Waals surface area (Å²) in [7, 11) is 0. The Hall–Kier alpha value is -1.03. The minimum atomic E-state index is -0.772. The molecular formula is C9H5BrF2O. The SMILES string of the molecule is C=CC(=O)c1cc(F)cc(Br)c1F. The Bertz CT molecular complexity index is 374. The Morgan fingerprint density at radius 3 is 2.62 bits per heavy atom. The van der Waals surface area contributed by atoms with E-state index >= 15 is 0 Å². The zero-order chi connectivity index (χ0) is 10.0. The number of carbonyl (C=O) groups excluding carboxylic acids is 1. The lowest BCUT2D eigenvalue weighted by Crippen LogP contribution is -2.00. The lowest BCUT2D eigenvalue weighted by Gasteiger charge is -2.00. The van der Waals surface area contributed by atoms with Gasteiger partial charge in [0.05, 0.1) is 10.0 Å². The van der Waals surface area contributed by atoms with Crippen LogP contribution in [-0.2, 0) is 0 Å². The molecule has 13 heavy (non-hydrogen) atoms. The van der Waals surface area contributed by atoms with Crippen molar-refractivity contribution in [3.63, 3.8) is 0 Å². The summed E-state index contributed by atoms with van der Waals surface area (Å²) >= 11 is 2.79. The van der Waals surface area contributed by atoms with Crippen LogP contribution < -0.4 is 0 Å². The molecule has 1 nitrogen and oxygen atoms in total. The molecular weight excluding hydrogens is 242 g/mol. The molecule has 0 heterocycles. The monoisotopic (exact) mass is 246 g/mol. The van der Waals surface area contributed by atoms with E-state index in [9.17, 15) is 13.6 Å². The second kappa shape index (κ2) is 3.79. The Balaban J connectivity index is 3.36. The standard InChI is InChI=1S/C9H5BrF2O/c1-2-8(13)6-3-5(11)4-7(10)9(6)12/h2-4H,1H2. The molecule has 0 radical (unpaired) electrons. The first-order chi connectivity index (χ1) is 6.06. The molecule has 0 amide bonds. The van der Waals surface area contributed by atoms with Crippen molar-refractivity contribution in [2.45, 2.75) is 0 Å². The third kappa shape index (κ3) is 2.01. The van der Waals surface area contributed by atoms with E-state index in [1.54, 1.807) is 0 Å². The highest BCUT2D eigenvalue weighted by atomic mass is 79.9. The van der Waals surface area contributed by atoms with E-state index in [1.165, 1.54) is 0 Å². The van der Waals surface area contributed by atoms with Crippen LogP contribution in [0, 0.1) is 11.6 Å². The number of halogens is 3. The van der Waals surface area contributed by atoms with Gasteiger partial charge in [-0.2, -0.15) is 0 Å². The number of hydrogen-bond donors (Lipinski definition) is 0. The maximum absolute atomic E-state index is 13.1. The summed E-state index contributed by atoms with van der Waals surface area (Å²) < 4.78 is 25.8. The van der Waals surface area contributed by atoms with Gasteiger partial charge in [0.2, 0.25) is 0 Å². The summed E-state index contributed by atoms with van der Waals surface area (Å²) in [6.07, 6.45) is 0.935. The molecule has 0 aliphatic carbocycles. The third-order valence-corrected chi connectivity index (χ3v) is 2.02. The fourth-order valence-corrected chi connectivity index (χ4v) is 1.28. The Kier molecular flexibility index (Phi) is 2.93. The maximum atomic E-state index is 13.1. The zero-order valence-corrected chi connectivity index (χ0v) is 8.07. The summed E-state index contributed by atoms with van der Waals surface area (Å²) in [5.74, 6) is -2.08.